The summed E-state index contributed by atoms with van der Waals surface area (Å²) in [6.07, 6.45) is 2.11. The van der Waals surface area contributed by atoms with E-state index in [0.717, 1.165) is 17.8 Å². The van der Waals surface area contributed by atoms with Gasteiger partial charge in [0.2, 0.25) is 31.4 Å². The van der Waals surface area contributed by atoms with E-state index >= 15 is 0 Å². The highest BCUT2D eigenvalue weighted by atomic mass is 16.7. The van der Waals surface area contributed by atoms with Crippen molar-refractivity contribution in [2.24, 2.45) is 0 Å². The van der Waals surface area contributed by atoms with E-state index in [1.807, 2.05) is 30.3 Å². The molecule has 0 aliphatic carbocycles. The Kier molecular flexibility index (Phi) is 9.80. The lowest BCUT2D eigenvalue weighted by atomic mass is 10.3. The lowest BCUT2D eigenvalue weighted by Crippen LogP contribution is -2.09. The molecular weight excluding hydrogens is 528 g/mol. The van der Waals surface area contributed by atoms with Gasteiger partial charge < -0.3 is 34.9 Å². The monoisotopic (exact) mass is 554 g/mol. The molecule has 0 bridgehead atoms. The maximum Gasteiger partial charge on any atom is 0.333 e. The van der Waals surface area contributed by atoms with Gasteiger partial charge in [0.15, 0.2) is 0 Å². The smallest absolute Gasteiger partial charge is 0.333 e. The number of hydrogen-bond donors (Lipinski definition) is 3. The van der Waals surface area contributed by atoms with Crippen LogP contribution in [-0.2, 0) is 19.1 Å². The Balaban J connectivity index is 1.52. The van der Waals surface area contributed by atoms with Crippen molar-refractivity contribution >= 4 is 46.8 Å². The molecule has 0 unspecified atom stereocenters. The third-order valence-electron chi connectivity index (χ3n) is 5.03. The van der Waals surface area contributed by atoms with Crippen LogP contribution in [-0.4, -0.2) is 40.5 Å². The van der Waals surface area contributed by atoms with Crippen LogP contribution >= 0.6 is 0 Å². The molecule has 0 saturated heterocycles. The molecule has 0 aliphatic rings. The van der Waals surface area contributed by atoms with Crippen molar-refractivity contribution in [1.82, 2.24) is 15.0 Å². The molecule has 4 aromatic rings. The Morgan fingerprint density at radius 2 is 1.02 bits per heavy atom. The molecular formula is C29H26N6O6. The molecule has 0 spiro atoms. The summed E-state index contributed by atoms with van der Waals surface area (Å²) in [6, 6.07) is 23.4. The number of benzene rings is 3. The molecule has 0 fully saturated rings. The zero-order valence-electron chi connectivity index (χ0n) is 21.8. The minimum Gasteiger partial charge on any atom is -0.457 e. The van der Waals surface area contributed by atoms with Gasteiger partial charge in [-0.2, -0.15) is 15.0 Å². The largest absolute Gasteiger partial charge is 0.457 e. The first-order valence-electron chi connectivity index (χ1n) is 12.2. The van der Waals surface area contributed by atoms with Crippen LogP contribution in [0.1, 0.15) is 0 Å². The number of aromatic nitrogens is 3. The molecule has 208 valence electrons. The fourth-order valence-corrected chi connectivity index (χ4v) is 3.21. The van der Waals surface area contributed by atoms with Crippen LogP contribution in [0.5, 0.6) is 11.5 Å². The van der Waals surface area contributed by atoms with Crippen LogP contribution in [0.25, 0.3) is 0 Å². The Bertz CT molecular complexity index is 1430. The molecule has 4 rings (SSSR count). The van der Waals surface area contributed by atoms with Gasteiger partial charge in [0.1, 0.15) is 11.5 Å². The van der Waals surface area contributed by atoms with Crippen LogP contribution < -0.4 is 25.4 Å². The number of nitrogens with one attached hydrogen (secondary N) is 3. The minimum absolute atomic E-state index is 0.236. The van der Waals surface area contributed by atoms with Gasteiger partial charge >= 0.3 is 11.9 Å². The lowest BCUT2D eigenvalue weighted by molar-refractivity contribution is -0.145. The summed E-state index contributed by atoms with van der Waals surface area (Å²) >= 11 is 0. The van der Waals surface area contributed by atoms with E-state index in [2.05, 4.69) is 44.1 Å². The first-order chi connectivity index (χ1) is 20.0. The van der Waals surface area contributed by atoms with Crippen molar-refractivity contribution in [2.45, 2.75) is 0 Å². The lowest BCUT2D eigenvalue weighted by Gasteiger charge is -2.13. The fraction of sp³-hybridized carbons (Fsp3) is 0.0690. The first-order valence-corrected chi connectivity index (χ1v) is 12.2. The van der Waals surface area contributed by atoms with Crippen LogP contribution in [0, 0.1) is 0 Å². The quantitative estimate of drug-likeness (QED) is 0.106. The van der Waals surface area contributed by atoms with Gasteiger partial charge in [0, 0.05) is 41.3 Å². The van der Waals surface area contributed by atoms with Crippen molar-refractivity contribution in [1.29, 1.82) is 0 Å². The number of hydrogen-bond acceptors (Lipinski definition) is 12. The second kappa shape index (κ2) is 14.3. The summed E-state index contributed by atoms with van der Waals surface area (Å²) in [5, 5.41) is 9.43. The zero-order chi connectivity index (χ0) is 28.9. The van der Waals surface area contributed by atoms with Gasteiger partial charge in [-0.1, -0.05) is 43.5 Å². The predicted molar refractivity (Wildman–Crippen MR) is 153 cm³/mol. The molecule has 3 aromatic carbocycles. The molecule has 1 heterocycles. The van der Waals surface area contributed by atoms with Crippen molar-refractivity contribution in [3.8, 4) is 11.5 Å². The van der Waals surface area contributed by atoms with Crippen LogP contribution in [0.4, 0.5) is 34.9 Å². The molecule has 0 amide bonds. The topological polar surface area (TPSA) is 146 Å². The van der Waals surface area contributed by atoms with E-state index in [1.165, 1.54) is 0 Å². The Morgan fingerprint density at radius 1 is 0.610 bits per heavy atom. The van der Waals surface area contributed by atoms with Crippen LogP contribution in [0.15, 0.2) is 104 Å². The van der Waals surface area contributed by atoms with Gasteiger partial charge in [-0.05, 0) is 36.4 Å². The molecule has 12 nitrogen and oxygen atoms in total. The molecule has 0 atom stereocenters. The summed E-state index contributed by atoms with van der Waals surface area (Å²) in [5.41, 5.74) is 2.01. The molecule has 3 N–H and O–H groups in total. The Hall–Kier alpha value is -5.91. The number of ether oxygens (including phenoxy) is 4. The van der Waals surface area contributed by atoms with Gasteiger partial charge in [0.25, 0.3) is 0 Å². The van der Waals surface area contributed by atoms with E-state index in [-0.39, 0.29) is 31.4 Å². The average Bonchev–Trinajstić information content (AvgIpc) is 2.98. The van der Waals surface area contributed by atoms with Crippen molar-refractivity contribution in [3.05, 3.63) is 104 Å². The number of esters is 2. The van der Waals surface area contributed by atoms with Crippen molar-refractivity contribution in [3.63, 3.8) is 0 Å². The minimum atomic E-state index is -0.587. The van der Waals surface area contributed by atoms with E-state index in [9.17, 15) is 9.59 Å². The SMILES string of the molecule is C=CC(=O)OCOc1cccc(Nc2nc(Nc3ccccc3)nc(Nc3cccc(OCOC(=O)C=C)c3)n2)c1. The summed E-state index contributed by atoms with van der Waals surface area (Å²) in [5.74, 6) is 0.491. The second-order valence-electron chi connectivity index (χ2n) is 7.96. The second-order valence-corrected chi connectivity index (χ2v) is 7.96. The van der Waals surface area contributed by atoms with Gasteiger partial charge in [-0.25, -0.2) is 9.59 Å². The Morgan fingerprint density at radius 3 is 1.46 bits per heavy atom. The molecule has 1 aromatic heterocycles. The maximum atomic E-state index is 11.2. The molecule has 41 heavy (non-hydrogen) atoms. The standard InChI is InChI=1S/C29H26N6O6/c1-3-25(36)40-18-38-23-14-8-12-21(16-23)31-28-33-27(30-20-10-6-5-7-11-20)34-29(35-28)32-22-13-9-15-24(17-22)39-19-41-26(37)4-2/h3-17H,1-2,18-19H2,(H3,30,31,32,33,34,35). The number of para-hydroxylation sites is 1. The van der Waals surface area contributed by atoms with Crippen molar-refractivity contribution in [2.75, 3.05) is 29.5 Å². The third-order valence-corrected chi connectivity index (χ3v) is 5.03. The van der Waals surface area contributed by atoms with E-state index in [1.54, 1.807) is 48.5 Å². The molecule has 0 radical (unpaired) electrons. The number of rotatable bonds is 14. The molecule has 0 saturated carbocycles. The number of anilines is 6. The molecule has 12 heteroatoms. The van der Waals surface area contributed by atoms with Gasteiger partial charge in [-0.15, -0.1) is 0 Å². The third kappa shape index (κ3) is 9.11. The summed E-state index contributed by atoms with van der Waals surface area (Å²) < 4.78 is 20.7. The van der Waals surface area contributed by atoms with E-state index in [0.29, 0.717) is 22.9 Å². The molecule has 0 aliphatic heterocycles. The zero-order valence-corrected chi connectivity index (χ0v) is 21.8. The first kappa shape index (κ1) is 28.1. The van der Waals surface area contributed by atoms with E-state index in [4.69, 9.17) is 18.9 Å². The highest BCUT2D eigenvalue weighted by Crippen LogP contribution is 2.24. The van der Waals surface area contributed by atoms with E-state index < -0.39 is 11.9 Å². The van der Waals surface area contributed by atoms with Crippen molar-refractivity contribution < 1.29 is 28.5 Å². The Labute approximate surface area is 235 Å². The van der Waals surface area contributed by atoms with Gasteiger partial charge in [-0.3, -0.25) is 0 Å². The summed E-state index contributed by atoms with van der Waals surface area (Å²) in [4.78, 5) is 35.9. The number of nitrogens with zero attached hydrogens (tertiary/aromatic N) is 3. The summed E-state index contributed by atoms with van der Waals surface area (Å²) in [7, 11) is 0. The van der Waals surface area contributed by atoms with Crippen LogP contribution in [0.2, 0.25) is 0 Å². The van der Waals surface area contributed by atoms with Gasteiger partial charge in [0.05, 0.1) is 0 Å². The maximum absolute atomic E-state index is 11.2. The number of carbonyl (C=O) groups is 2. The predicted octanol–water partition coefficient (Wildman–Crippen LogP) is 5.23. The highest BCUT2D eigenvalue weighted by Gasteiger charge is 2.10. The number of carbonyl (C=O) groups excluding carboxylic acids is 2. The van der Waals surface area contributed by atoms with Crippen LogP contribution in [0.3, 0.4) is 0 Å². The highest BCUT2D eigenvalue weighted by molar-refractivity contribution is 5.81. The normalized spacial score (nSPS) is 10.0. The average molecular weight is 555 g/mol. The fourth-order valence-electron chi connectivity index (χ4n) is 3.21. The summed E-state index contributed by atoms with van der Waals surface area (Å²) in [6.45, 7) is 6.16.